The summed E-state index contributed by atoms with van der Waals surface area (Å²) in [5.41, 5.74) is 7.13. The molecule has 0 spiro atoms. The summed E-state index contributed by atoms with van der Waals surface area (Å²) >= 11 is 1.77. The van der Waals surface area contributed by atoms with Crippen molar-refractivity contribution in [2.45, 2.75) is 43.5 Å². The van der Waals surface area contributed by atoms with Crippen molar-refractivity contribution in [2.24, 2.45) is 0 Å². The monoisotopic (exact) mass is 352 g/mol. The summed E-state index contributed by atoms with van der Waals surface area (Å²) in [5, 5.41) is 5.38. The Labute approximate surface area is 140 Å². The first-order valence-corrected chi connectivity index (χ1v) is 10.2. The standard InChI is InChI=1S/C15H20N4O2S2/c1-2-8-23(20,21)13-9-17-15(19-14(13)16)18-11-4-3-5-12-10(11)6-7-22-12/h6-7,9,11H,2-5,8H2,1H3,(H3,16,17,18,19). The van der Waals surface area contributed by atoms with Gasteiger partial charge in [-0.15, -0.1) is 11.3 Å². The Balaban J connectivity index is 1.83. The second kappa shape index (κ2) is 6.45. The van der Waals surface area contributed by atoms with Crippen molar-refractivity contribution >= 4 is 32.9 Å². The van der Waals surface area contributed by atoms with E-state index in [2.05, 4.69) is 26.7 Å². The molecular formula is C15H20N4O2S2. The molecule has 0 saturated heterocycles. The van der Waals surface area contributed by atoms with Gasteiger partial charge in [0.15, 0.2) is 9.84 Å². The number of aryl methyl sites for hydroxylation is 1. The molecule has 2 heterocycles. The van der Waals surface area contributed by atoms with Crippen molar-refractivity contribution in [1.29, 1.82) is 0 Å². The molecule has 0 amide bonds. The summed E-state index contributed by atoms with van der Waals surface area (Å²) < 4.78 is 24.2. The maximum atomic E-state index is 12.1. The first-order valence-electron chi connectivity index (χ1n) is 7.69. The third kappa shape index (κ3) is 3.32. The number of nitrogen functional groups attached to an aromatic ring is 1. The fraction of sp³-hybridized carbons (Fsp3) is 0.467. The second-order valence-corrected chi connectivity index (χ2v) is 8.73. The summed E-state index contributed by atoms with van der Waals surface area (Å²) in [6.45, 7) is 1.81. The SMILES string of the molecule is CCCS(=O)(=O)c1cnc(NC2CCCc3sccc32)nc1N. The molecule has 0 saturated carbocycles. The Morgan fingerprint density at radius 3 is 3.04 bits per heavy atom. The van der Waals surface area contributed by atoms with Gasteiger partial charge in [-0.3, -0.25) is 0 Å². The van der Waals surface area contributed by atoms with Gasteiger partial charge in [0.2, 0.25) is 5.95 Å². The molecule has 8 heteroatoms. The first-order chi connectivity index (χ1) is 11.0. The van der Waals surface area contributed by atoms with Gasteiger partial charge in [0.1, 0.15) is 10.7 Å². The number of rotatable bonds is 5. The van der Waals surface area contributed by atoms with Gasteiger partial charge in [0.05, 0.1) is 18.0 Å². The van der Waals surface area contributed by atoms with Crippen LogP contribution in [-0.4, -0.2) is 24.1 Å². The lowest BCUT2D eigenvalue weighted by molar-refractivity contribution is 0.593. The van der Waals surface area contributed by atoms with Gasteiger partial charge in [-0.25, -0.2) is 13.4 Å². The van der Waals surface area contributed by atoms with Crippen LogP contribution in [0.25, 0.3) is 0 Å². The lowest BCUT2D eigenvalue weighted by Gasteiger charge is -2.23. The van der Waals surface area contributed by atoms with E-state index in [1.807, 2.05) is 6.92 Å². The fourth-order valence-electron chi connectivity index (χ4n) is 2.86. The largest absolute Gasteiger partial charge is 0.382 e. The highest BCUT2D eigenvalue weighted by atomic mass is 32.2. The summed E-state index contributed by atoms with van der Waals surface area (Å²) in [4.78, 5) is 9.73. The molecule has 0 aromatic carbocycles. The minimum Gasteiger partial charge on any atom is -0.382 e. The van der Waals surface area contributed by atoms with Crippen molar-refractivity contribution in [3.8, 4) is 0 Å². The summed E-state index contributed by atoms with van der Waals surface area (Å²) in [7, 11) is -3.41. The van der Waals surface area contributed by atoms with E-state index in [0.717, 1.165) is 19.3 Å². The van der Waals surface area contributed by atoms with Crippen LogP contribution in [0, 0.1) is 0 Å². The smallest absolute Gasteiger partial charge is 0.225 e. The molecule has 0 radical (unpaired) electrons. The van der Waals surface area contributed by atoms with Crippen LogP contribution in [0.1, 0.15) is 42.7 Å². The van der Waals surface area contributed by atoms with Crippen LogP contribution >= 0.6 is 11.3 Å². The van der Waals surface area contributed by atoms with Gasteiger partial charge < -0.3 is 11.1 Å². The number of aromatic nitrogens is 2. The average Bonchev–Trinajstić information content (AvgIpc) is 2.96. The molecule has 1 aliphatic carbocycles. The Morgan fingerprint density at radius 1 is 1.48 bits per heavy atom. The molecule has 0 bridgehead atoms. The van der Waals surface area contributed by atoms with Crippen LogP contribution in [0.3, 0.4) is 0 Å². The topological polar surface area (TPSA) is 98.0 Å². The first kappa shape index (κ1) is 16.2. The molecule has 3 rings (SSSR count). The quantitative estimate of drug-likeness (QED) is 0.858. The molecule has 2 aromatic heterocycles. The van der Waals surface area contributed by atoms with E-state index in [1.165, 1.54) is 16.6 Å². The van der Waals surface area contributed by atoms with E-state index in [1.54, 1.807) is 11.3 Å². The Kier molecular flexibility index (Phi) is 4.54. The molecule has 1 atom stereocenters. The van der Waals surface area contributed by atoms with Crippen LogP contribution in [0.15, 0.2) is 22.5 Å². The minimum atomic E-state index is -3.41. The molecule has 6 nitrogen and oxygen atoms in total. The normalized spacial score (nSPS) is 17.7. The maximum Gasteiger partial charge on any atom is 0.225 e. The molecule has 3 N–H and O–H groups in total. The van der Waals surface area contributed by atoms with Gasteiger partial charge in [0, 0.05) is 4.88 Å². The number of thiophene rings is 1. The van der Waals surface area contributed by atoms with Gasteiger partial charge in [0.25, 0.3) is 0 Å². The third-order valence-corrected chi connectivity index (χ3v) is 6.87. The Hall–Kier alpha value is -1.67. The second-order valence-electron chi connectivity index (χ2n) is 5.65. The van der Waals surface area contributed by atoms with E-state index in [9.17, 15) is 8.42 Å². The number of anilines is 2. The van der Waals surface area contributed by atoms with Crippen LogP contribution < -0.4 is 11.1 Å². The summed E-state index contributed by atoms with van der Waals surface area (Å²) in [6, 6.07) is 2.28. The van der Waals surface area contributed by atoms with Crippen molar-refractivity contribution in [3.05, 3.63) is 28.1 Å². The van der Waals surface area contributed by atoms with Gasteiger partial charge in [-0.05, 0) is 42.7 Å². The Bertz CT molecular complexity index is 802. The van der Waals surface area contributed by atoms with Crippen LogP contribution in [0.5, 0.6) is 0 Å². The zero-order chi connectivity index (χ0) is 16.4. The van der Waals surface area contributed by atoms with Crippen LogP contribution in [0.2, 0.25) is 0 Å². The number of nitrogens with one attached hydrogen (secondary N) is 1. The zero-order valence-corrected chi connectivity index (χ0v) is 14.6. The van der Waals surface area contributed by atoms with Crippen molar-refractivity contribution in [3.63, 3.8) is 0 Å². The van der Waals surface area contributed by atoms with Gasteiger partial charge in [-0.2, -0.15) is 4.98 Å². The van der Waals surface area contributed by atoms with Gasteiger partial charge in [-0.1, -0.05) is 6.92 Å². The molecule has 2 aromatic rings. The molecule has 0 fully saturated rings. The van der Waals surface area contributed by atoms with Crippen LogP contribution in [-0.2, 0) is 16.3 Å². The van der Waals surface area contributed by atoms with E-state index in [4.69, 9.17) is 5.73 Å². The lowest BCUT2D eigenvalue weighted by Crippen LogP contribution is -2.18. The minimum absolute atomic E-state index is 0.0114. The van der Waals surface area contributed by atoms with E-state index >= 15 is 0 Å². The van der Waals surface area contributed by atoms with Crippen molar-refractivity contribution in [1.82, 2.24) is 9.97 Å². The maximum absolute atomic E-state index is 12.1. The lowest BCUT2D eigenvalue weighted by atomic mass is 9.94. The number of sulfone groups is 1. The average molecular weight is 352 g/mol. The molecule has 23 heavy (non-hydrogen) atoms. The molecule has 0 aliphatic heterocycles. The molecule has 1 unspecified atom stereocenters. The molecule has 124 valence electrons. The Morgan fingerprint density at radius 2 is 2.30 bits per heavy atom. The van der Waals surface area contributed by atoms with Crippen molar-refractivity contribution in [2.75, 3.05) is 16.8 Å². The van der Waals surface area contributed by atoms with E-state index in [0.29, 0.717) is 12.4 Å². The highest BCUT2D eigenvalue weighted by Gasteiger charge is 2.23. The highest BCUT2D eigenvalue weighted by molar-refractivity contribution is 7.91. The fourth-order valence-corrected chi connectivity index (χ4v) is 5.19. The number of fused-ring (bicyclic) bond motifs is 1. The van der Waals surface area contributed by atoms with E-state index in [-0.39, 0.29) is 22.5 Å². The third-order valence-electron chi connectivity index (χ3n) is 3.95. The predicted octanol–water partition coefficient (Wildman–Crippen LogP) is 2.79. The number of hydrogen-bond acceptors (Lipinski definition) is 7. The van der Waals surface area contributed by atoms with E-state index < -0.39 is 9.84 Å². The highest BCUT2D eigenvalue weighted by Crippen LogP contribution is 2.35. The number of nitrogens with zero attached hydrogens (tertiary/aromatic N) is 2. The molecule has 1 aliphatic rings. The molecular weight excluding hydrogens is 332 g/mol. The summed E-state index contributed by atoms with van der Waals surface area (Å²) in [6.07, 6.45) is 5.08. The predicted molar refractivity (Wildman–Crippen MR) is 92.4 cm³/mol. The zero-order valence-electron chi connectivity index (χ0n) is 12.9. The number of nitrogens with two attached hydrogens (primary N) is 1. The summed E-state index contributed by atoms with van der Waals surface area (Å²) in [5.74, 6) is 0.438. The number of hydrogen-bond donors (Lipinski definition) is 2. The van der Waals surface area contributed by atoms with Gasteiger partial charge >= 0.3 is 0 Å². The van der Waals surface area contributed by atoms with Crippen LogP contribution in [0.4, 0.5) is 11.8 Å². The van der Waals surface area contributed by atoms with Crippen molar-refractivity contribution < 1.29 is 8.42 Å².